The predicted molar refractivity (Wildman–Crippen MR) is 106 cm³/mol. The average molecular weight is 373 g/mol. The normalized spacial score (nSPS) is 11.9. The van der Waals surface area contributed by atoms with E-state index in [9.17, 15) is 4.79 Å². The van der Waals surface area contributed by atoms with E-state index in [1.165, 1.54) is 4.63 Å². The Balaban J connectivity index is 1.53. The molecule has 2 heterocycles. The summed E-state index contributed by atoms with van der Waals surface area (Å²) in [7, 11) is 1.96. The number of rotatable bonds is 5. The standard InChI is InChI=1S/C20H19N7O/c1-14(26(2)19-12-11-18-22-24-25-27(18)23-19)16-9-6-10-17(13-16)21-20(28)15-7-4-3-5-8-15/h3-14H,1-2H3,(H,21,28). The second-order valence-corrected chi connectivity index (χ2v) is 6.45. The first-order valence-corrected chi connectivity index (χ1v) is 8.86. The summed E-state index contributed by atoms with van der Waals surface area (Å²) in [5.41, 5.74) is 3.01. The number of carbonyl (C=O) groups is 1. The molecule has 1 amide bonds. The third-order valence-electron chi connectivity index (χ3n) is 4.66. The van der Waals surface area contributed by atoms with Crippen molar-refractivity contribution in [2.24, 2.45) is 0 Å². The summed E-state index contributed by atoms with van der Waals surface area (Å²) >= 11 is 0. The van der Waals surface area contributed by atoms with Crippen molar-refractivity contribution in [3.63, 3.8) is 0 Å². The van der Waals surface area contributed by atoms with Gasteiger partial charge in [-0.2, -0.15) is 0 Å². The number of amides is 1. The third kappa shape index (κ3) is 3.52. The van der Waals surface area contributed by atoms with Crippen molar-refractivity contribution < 1.29 is 4.79 Å². The molecule has 0 bridgehead atoms. The van der Waals surface area contributed by atoms with E-state index in [1.807, 2.05) is 66.5 Å². The number of nitrogens with zero attached hydrogens (tertiary/aromatic N) is 6. The maximum atomic E-state index is 12.4. The maximum absolute atomic E-state index is 12.4. The van der Waals surface area contributed by atoms with Crippen LogP contribution in [0.1, 0.15) is 28.9 Å². The number of benzene rings is 2. The smallest absolute Gasteiger partial charge is 0.255 e. The van der Waals surface area contributed by atoms with Crippen LogP contribution >= 0.6 is 0 Å². The van der Waals surface area contributed by atoms with Crippen molar-refractivity contribution in [1.29, 1.82) is 0 Å². The molecule has 0 fully saturated rings. The molecule has 0 saturated carbocycles. The summed E-state index contributed by atoms with van der Waals surface area (Å²) in [6.07, 6.45) is 0. The topological polar surface area (TPSA) is 88.3 Å². The van der Waals surface area contributed by atoms with Crippen molar-refractivity contribution in [2.75, 3.05) is 17.3 Å². The van der Waals surface area contributed by atoms with Crippen molar-refractivity contribution in [3.8, 4) is 0 Å². The van der Waals surface area contributed by atoms with E-state index in [1.54, 1.807) is 12.1 Å². The Bertz CT molecular complexity index is 1110. The summed E-state index contributed by atoms with van der Waals surface area (Å²) in [4.78, 5) is 14.4. The van der Waals surface area contributed by atoms with Gasteiger partial charge in [0.05, 0.1) is 6.04 Å². The van der Waals surface area contributed by atoms with Gasteiger partial charge in [-0.25, -0.2) is 0 Å². The molecule has 8 heteroatoms. The van der Waals surface area contributed by atoms with E-state index in [4.69, 9.17) is 0 Å². The van der Waals surface area contributed by atoms with Gasteiger partial charge in [-0.05, 0) is 59.3 Å². The molecule has 0 aliphatic rings. The molecule has 0 radical (unpaired) electrons. The number of fused-ring (bicyclic) bond motifs is 1. The Kier molecular flexibility index (Phi) is 4.67. The van der Waals surface area contributed by atoms with Crippen LogP contribution in [0.25, 0.3) is 5.65 Å². The molecule has 1 atom stereocenters. The predicted octanol–water partition coefficient (Wildman–Crippen LogP) is 2.97. The molecule has 4 aromatic rings. The van der Waals surface area contributed by atoms with Gasteiger partial charge in [-0.15, -0.1) is 14.8 Å². The van der Waals surface area contributed by atoms with Crippen molar-refractivity contribution in [2.45, 2.75) is 13.0 Å². The summed E-state index contributed by atoms with van der Waals surface area (Å²) in [6, 6.07) is 20.7. The third-order valence-corrected chi connectivity index (χ3v) is 4.66. The van der Waals surface area contributed by atoms with E-state index in [0.717, 1.165) is 17.1 Å². The lowest BCUT2D eigenvalue weighted by Gasteiger charge is -2.26. The molecule has 0 spiro atoms. The SMILES string of the molecule is CC(c1cccc(NC(=O)c2ccccc2)c1)N(C)c1ccc2nnnn2n1. The zero-order chi connectivity index (χ0) is 19.5. The van der Waals surface area contributed by atoms with Crippen molar-refractivity contribution in [3.05, 3.63) is 77.9 Å². The highest BCUT2D eigenvalue weighted by Crippen LogP contribution is 2.25. The summed E-state index contributed by atoms with van der Waals surface area (Å²) in [5, 5.41) is 18.7. The summed E-state index contributed by atoms with van der Waals surface area (Å²) < 4.78 is 1.40. The van der Waals surface area contributed by atoms with Crippen LogP contribution in [0, 0.1) is 0 Å². The van der Waals surface area contributed by atoms with Crippen LogP contribution in [0.3, 0.4) is 0 Å². The second kappa shape index (κ2) is 7.43. The molecule has 0 saturated heterocycles. The number of hydrogen-bond donors (Lipinski definition) is 1. The summed E-state index contributed by atoms with van der Waals surface area (Å²) in [5.74, 6) is 0.607. The average Bonchev–Trinajstić information content (AvgIpc) is 3.21. The molecule has 4 rings (SSSR count). The van der Waals surface area contributed by atoms with Gasteiger partial charge in [0.15, 0.2) is 11.5 Å². The van der Waals surface area contributed by atoms with Crippen molar-refractivity contribution in [1.82, 2.24) is 25.3 Å². The Hall–Kier alpha value is -3.81. The van der Waals surface area contributed by atoms with Crippen molar-refractivity contribution >= 4 is 23.1 Å². The minimum atomic E-state index is -0.135. The number of anilines is 2. The van der Waals surface area contributed by atoms with Crippen LogP contribution in [-0.4, -0.2) is 38.2 Å². The lowest BCUT2D eigenvalue weighted by Crippen LogP contribution is -2.23. The first-order chi connectivity index (χ1) is 13.6. The van der Waals surface area contributed by atoms with Gasteiger partial charge in [0.1, 0.15) is 0 Å². The summed E-state index contributed by atoms with van der Waals surface area (Å²) in [6.45, 7) is 2.07. The van der Waals surface area contributed by atoms with Crippen LogP contribution in [0.2, 0.25) is 0 Å². The number of carbonyl (C=O) groups excluding carboxylic acids is 1. The van der Waals surface area contributed by atoms with Crippen LogP contribution in [0.5, 0.6) is 0 Å². The Morgan fingerprint density at radius 3 is 2.71 bits per heavy atom. The van der Waals surface area contributed by atoms with E-state index >= 15 is 0 Å². The van der Waals surface area contributed by atoms with E-state index in [2.05, 4.69) is 32.9 Å². The fraction of sp³-hybridized carbons (Fsp3) is 0.150. The lowest BCUT2D eigenvalue weighted by atomic mass is 10.1. The number of nitrogens with one attached hydrogen (secondary N) is 1. The number of aromatic nitrogens is 5. The molecule has 2 aromatic carbocycles. The molecule has 1 N–H and O–H groups in total. The van der Waals surface area contributed by atoms with Crippen LogP contribution in [0.4, 0.5) is 11.5 Å². The Labute approximate surface area is 161 Å². The van der Waals surface area contributed by atoms with Crippen LogP contribution < -0.4 is 10.2 Å². The van der Waals surface area contributed by atoms with Gasteiger partial charge in [0.25, 0.3) is 5.91 Å². The van der Waals surface area contributed by atoms with E-state index in [0.29, 0.717) is 11.2 Å². The zero-order valence-electron chi connectivity index (χ0n) is 15.5. The van der Waals surface area contributed by atoms with Gasteiger partial charge in [0, 0.05) is 18.3 Å². The zero-order valence-corrected chi connectivity index (χ0v) is 15.5. The highest BCUT2D eigenvalue weighted by molar-refractivity contribution is 6.04. The molecular weight excluding hydrogens is 354 g/mol. The second-order valence-electron chi connectivity index (χ2n) is 6.45. The molecule has 2 aromatic heterocycles. The monoisotopic (exact) mass is 373 g/mol. The molecule has 1 unspecified atom stereocenters. The Morgan fingerprint density at radius 2 is 1.89 bits per heavy atom. The van der Waals surface area contributed by atoms with E-state index in [-0.39, 0.29) is 11.9 Å². The lowest BCUT2D eigenvalue weighted by molar-refractivity contribution is 0.102. The first kappa shape index (κ1) is 17.6. The van der Waals surface area contributed by atoms with Gasteiger partial charge in [0.2, 0.25) is 0 Å². The highest BCUT2D eigenvalue weighted by atomic mass is 16.1. The molecule has 0 aliphatic heterocycles. The van der Waals surface area contributed by atoms with E-state index < -0.39 is 0 Å². The highest BCUT2D eigenvalue weighted by Gasteiger charge is 2.16. The number of hydrogen-bond acceptors (Lipinski definition) is 6. The minimum absolute atomic E-state index is 0.0232. The van der Waals surface area contributed by atoms with Gasteiger partial charge < -0.3 is 10.2 Å². The van der Waals surface area contributed by atoms with Gasteiger partial charge >= 0.3 is 0 Å². The fourth-order valence-electron chi connectivity index (χ4n) is 2.92. The maximum Gasteiger partial charge on any atom is 0.255 e. The fourth-order valence-corrected chi connectivity index (χ4v) is 2.92. The minimum Gasteiger partial charge on any atom is -0.351 e. The Morgan fingerprint density at radius 1 is 1.07 bits per heavy atom. The largest absolute Gasteiger partial charge is 0.351 e. The van der Waals surface area contributed by atoms with Gasteiger partial charge in [-0.1, -0.05) is 30.3 Å². The quantitative estimate of drug-likeness (QED) is 0.579. The molecule has 140 valence electrons. The van der Waals surface area contributed by atoms with Crippen LogP contribution in [0.15, 0.2) is 66.7 Å². The molecule has 8 nitrogen and oxygen atoms in total. The molecule has 28 heavy (non-hydrogen) atoms. The number of tetrazole rings is 1. The van der Waals surface area contributed by atoms with Gasteiger partial charge in [-0.3, -0.25) is 4.79 Å². The molecular formula is C20H19N7O. The van der Waals surface area contributed by atoms with Crippen LogP contribution in [-0.2, 0) is 0 Å². The first-order valence-electron chi connectivity index (χ1n) is 8.86. The molecule has 0 aliphatic carbocycles.